The number of aliphatic hydroxyl groups is 4. The van der Waals surface area contributed by atoms with E-state index in [2.05, 4.69) is 38.2 Å². The van der Waals surface area contributed by atoms with Crippen LogP contribution in [0.15, 0.2) is 24.3 Å². The first-order chi connectivity index (χ1) is 26.4. The van der Waals surface area contributed by atoms with E-state index in [0.29, 0.717) is 12.8 Å². The lowest BCUT2D eigenvalue weighted by atomic mass is 10.1. The van der Waals surface area contributed by atoms with Gasteiger partial charge in [0, 0.05) is 12.8 Å². The molecule has 54 heavy (non-hydrogen) atoms. The third kappa shape index (κ3) is 46.4. The first-order valence-electron chi connectivity index (χ1n) is 22.6. The Morgan fingerprint density at radius 2 is 0.759 bits per heavy atom. The molecule has 0 aromatic rings. The van der Waals surface area contributed by atoms with Gasteiger partial charge in [-0.1, -0.05) is 167 Å². The number of carbonyl (C=O) groups excluding carboxylic acids is 2. The number of rotatable bonds is 40. The van der Waals surface area contributed by atoms with Gasteiger partial charge in [0.15, 0.2) is 0 Å². The third-order valence-electron chi connectivity index (χ3n) is 9.64. The summed E-state index contributed by atoms with van der Waals surface area (Å²) in [6, 6.07) is 0. The number of esters is 2. The Morgan fingerprint density at radius 1 is 0.444 bits per heavy atom. The maximum absolute atomic E-state index is 11.5. The van der Waals surface area contributed by atoms with Crippen LogP contribution in [-0.4, -0.2) is 71.0 Å². The zero-order valence-electron chi connectivity index (χ0n) is 35.3. The summed E-state index contributed by atoms with van der Waals surface area (Å²) in [5, 5.41) is 35.4. The summed E-state index contributed by atoms with van der Waals surface area (Å²) in [6.07, 6.45) is 46.1. The quantitative estimate of drug-likeness (QED) is 0.0275. The van der Waals surface area contributed by atoms with Crippen LogP contribution in [0.3, 0.4) is 0 Å². The number of allylic oxidation sites excluding steroid dienone is 4. The second-order valence-electron chi connectivity index (χ2n) is 15.1. The Morgan fingerprint density at radius 3 is 1.09 bits per heavy atom. The lowest BCUT2D eigenvalue weighted by Crippen LogP contribution is -2.25. The smallest absolute Gasteiger partial charge is 0.306 e. The molecule has 320 valence electrons. The van der Waals surface area contributed by atoms with Gasteiger partial charge >= 0.3 is 11.9 Å². The number of unbranched alkanes of at least 4 members (excludes halogenated alkanes) is 26. The molecule has 0 aliphatic carbocycles. The fraction of sp³-hybridized carbons (Fsp3) is 0.870. The van der Waals surface area contributed by atoms with Gasteiger partial charge in [-0.25, -0.2) is 0 Å². The second-order valence-corrected chi connectivity index (χ2v) is 15.1. The highest BCUT2D eigenvalue weighted by atomic mass is 16.6. The van der Waals surface area contributed by atoms with E-state index in [1.807, 2.05) is 0 Å². The number of aliphatic hydroxyl groups excluding tert-OH is 4. The molecule has 0 aliphatic heterocycles. The van der Waals surface area contributed by atoms with E-state index >= 15 is 0 Å². The zero-order valence-corrected chi connectivity index (χ0v) is 35.3. The van der Waals surface area contributed by atoms with Crippen molar-refractivity contribution in [2.75, 3.05) is 26.4 Å². The molecule has 1 atom stereocenters. The SMILES string of the molecule is CCCCCCCC/C=C/CCCCCCCCCC(=O)OC(CO)CO.CCCCCCCC/C=C/CCCCCCCCCC(=O)OCC(O)CO. The van der Waals surface area contributed by atoms with Gasteiger partial charge < -0.3 is 29.9 Å². The van der Waals surface area contributed by atoms with Gasteiger partial charge in [0.1, 0.15) is 18.8 Å². The highest BCUT2D eigenvalue weighted by Gasteiger charge is 2.11. The molecule has 0 aromatic heterocycles. The number of carbonyl (C=O) groups is 2. The summed E-state index contributed by atoms with van der Waals surface area (Å²) in [5.41, 5.74) is 0. The number of hydrogen-bond acceptors (Lipinski definition) is 8. The average Bonchev–Trinajstić information content (AvgIpc) is 3.18. The standard InChI is InChI=1S/2C23H44O4/c1-2-3-4-5-6-7-8-9-10-11-12-13-14-15-16-17-18-19-23(26)27-21-22(25)20-24;1-2-3-4-5-6-7-8-9-10-11-12-13-14-15-16-17-18-19-23(26)27-22(20-24)21-25/h2*9-10,22,24-25H,2-8,11-21H2,1H3/b2*10-9+. The Bertz CT molecular complexity index is 811. The Balaban J connectivity index is 0. The fourth-order valence-corrected chi connectivity index (χ4v) is 6.08. The van der Waals surface area contributed by atoms with E-state index in [-0.39, 0.29) is 38.4 Å². The van der Waals surface area contributed by atoms with Crippen molar-refractivity contribution in [1.29, 1.82) is 0 Å². The molecule has 0 saturated carbocycles. The lowest BCUT2D eigenvalue weighted by Gasteiger charge is -2.12. The molecule has 1 unspecified atom stereocenters. The minimum Gasteiger partial charge on any atom is -0.463 e. The van der Waals surface area contributed by atoms with Crippen LogP contribution in [0.5, 0.6) is 0 Å². The van der Waals surface area contributed by atoms with E-state index in [4.69, 9.17) is 29.9 Å². The summed E-state index contributed by atoms with van der Waals surface area (Å²) < 4.78 is 9.80. The van der Waals surface area contributed by atoms with E-state index in [1.165, 1.54) is 161 Å². The van der Waals surface area contributed by atoms with Crippen molar-refractivity contribution in [2.24, 2.45) is 0 Å². The van der Waals surface area contributed by atoms with Gasteiger partial charge in [0.05, 0.1) is 19.8 Å². The van der Waals surface area contributed by atoms with Crippen LogP contribution in [0.1, 0.15) is 219 Å². The van der Waals surface area contributed by atoms with Crippen molar-refractivity contribution >= 4 is 11.9 Å². The minimum absolute atomic E-state index is 0.108. The van der Waals surface area contributed by atoms with Gasteiger partial charge in [-0.2, -0.15) is 0 Å². The molecule has 0 aliphatic rings. The molecule has 0 spiro atoms. The van der Waals surface area contributed by atoms with Crippen molar-refractivity contribution < 1.29 is 39.5 Å². The van der Waals surface area contributed by atoms with Crippen molar-refractivity contribution in [2.45, 2.75) is 232 Å². The largest absolute Gasteiger partial charge is 0.463 e. The summed E-state index contributed by atoms with van der Waals surface area (Å²) >= 11 is 0. The van der Waals surface area contributed by atoms with Gasteiger partial charge in [0.25, 0.3) is 0 Å². The summed E-state index contributed by atoms with van der Waals surface area (Å²) in [4.78, 5) is 22.9. The molecule has 0 radical (unpaired) electrons. The van der Waals surface area contributed by atoms with Crippen LogP contribution in [0, 0.1) is 0 Å². The van der Waals surface area contributed by atoms with Crippen molar-refractivity contribution in [3.05, 3.63) is 24.3 Å². The second kappa shape index (κ2) is 47.4. The van der Waals surface area contributed by atoms with E-state index < -0.39 is 12.2 Å². The molecule has 8 heteroatoms. The van der Waals surface area contributed by atoms with Crippen molar-refractivity contribution in [1.82, 2.24) is 0 Å². The lowest BCUT2D eigenvalue weighted by molar-refractivity contribution is -0.153. The molecular formula is C46H88O8. The van der Waals surface area contributed by atoms with Gasteiger partial charge in [-0.15, -0.1) is 0 Å². The molecule has 0 fully saturated rings. The van der Waals surface area contributed by atoms with Crippen LogP contribution in [0.2, 0.25) is 0 Å². The molecule has 0 heterocycles. The van der Waals surface area contributed by atoms with E-state index in [1.54, 1.807) is 0 Å². The predicted octanol–water partition coefficient (Wildman–Crippen LogP) is 11.4. The fourth-order valence-electron chi connectivity index (χ4n) is 6.08. The summed E-state index contributed by atoms with van der Waals surface area (Å²) in [5.74, 6) is -0.605. The summed E-state index contributed by atoms with van der Waals surface area (Å²) in [7, 11) is 0. The Labute approximate surface area is 333 Å². The van der Waals surface area contributed by atoms with Crippen LogP contribution in [-0.2, 0) is 19.1 Å². The first kappa shape index (κ1) is 54.4. The van der Waals surface area contributed by atoms with E-state index in [0.717, 1.165) is 32.1 Å². The molecule has 4 N–H and O–H groups in total. The third-order valence-corrected chi connectivity index (χ3v) is 9.64. The zero-order chi connectivity index (χ0) is 40.0. The number of ether oxygens (including phenoxy) is 2. The predicted molar refractivity (Wildman–Crippen MR) is 225 cm³/mol. The average molecular weight is 769 g/mol. The normalized spacial score (nSPS) is 12.1. The maximum Gasteiger partial charge on any atom is 0.306 e. The maximum atomic E-state index is 11.5. The Hall–Kier alpha value is -1.74. The van der Waals surface area contributed by atoms with Crippen LogP contribution >= 0.6 is 0 Å². The summed E-state index contributed by atoms with van der Waals surface area (Å²) in [6.45, 7) is 3.40. The molecule has 0 bridgehead atoms. The van der Waals surface area contributed by atoms with Crippen molar-refractivity contribution in [3.8, 4) is 0 Å². The van der Waals surface area contributed by atoms with Gasteiger partial charge in [-0.05, 0) is 64.2 Å². The molecule has 8 nitrogen and oxygen atoms in total. The molecule has 0 amide bonds. The van der Waals surface area contributed by atoms with Crippen LogP contribution in [0.4, 0.5) is 0 Å². The van der Waals surface area contributed by atoms with Crippen molar-refractivity contribution in [3.63, 3.8) is 0 Å². The highest BCUT2D eigenvalue weighted by molar-refractivity contribution is 5.69. The Kier molecular flexibility index (Phi) is 47.7. The monoisotopic (exact) mass is 769 g/mol. The molecular weight excluding hydrogens is 680 g/mol. The highest BCUT2D eigenvalue weighted by Crippen LogP contribution is 2.13. The molecule has 0 rings (SSSR count). The minimum atomic E-state index is -0.959. The van der Waals surface area contributed by atoms with E-state index in [9.17, 15) is 9.59 Å². The molecule has 0 aromatic carbocycles. The van der Waals surface area contributed by atoms with Crippen LogP contribution < -0.4 is 0 Å². The first-order valence-corrected chi connectivity index (χ1v) is 22.6. The number of hydrogen-bond donors (Lipinski definition) is 4. The molecule has 0 saturated heterocycles. The van der Waals surface area contributed by atoms with Crippen LogP contribution in [0.25, 0.3) is 0 Å². The van der Waals surface area contributed by atoms with Gasteiger partial charge in [-0.3, -0.25) is 9.59 Å². The topological polar surface area (TPSA) is 134 Å². The van der Waals surface area contributed by atoms with Gasteiger partial charge in [0.2, 0.25) is 0 Å².